The molecule has 8 nitrogen and oxygen atoms in total. The summed E-state index contributed by atoms with van der Waals surface area (Å²) in [5.41, 5.74) is -1.68. The van der Waals surface area contributed by atoms with E-state index in [9.17, 15) is 19.5 Å². The number of aliphatic hydroxyl groups is 1. The van der Waals surface area contributed by atoms with Crippen LogP contribution in [0.3, 0.4) is 0 Å². The minimum absolute atomic E-state index is 0.0725. The molecule has 7 atom stereocenters. The number of carbonyl (C=O) groups is 3. The molecule has 0 bridgehead atoms. The zero-order valence-corrected chi connectivity index (χ0v) is 24.9. The number of nitrogens with zero attached hydrogens (tertiary/aromatic N) is 3. The van der Waals surface area contributed by atoms with Crippen LogP contribution in [0.5, 0.6) is 0 Å². The standard InChI is InChI=1S/C34H41N3O5/c1-5-17-35-18-9-15-33(4)27(30(35)39)28-31(40)37(26(21-38)22(3)6-2)29-32(41)36(19-10-16-34(28,29)42-33)25-14-13-23-11-7-8-12-24(23)20-25/h7-16,20,22,26-29,38H,5-6,17-19,21H2,1-4H3/t22-,26-,27+,28-,29?,33-,34-/m0/s1. The van der Waals surface area contributed by atoms with Gasteiger partial charge < -0.3 is 24.5 Å². The topological polar surface area (TPSA) is 90.4 Å². The Kier molecular flexibility index (Phi) is 7.26. The monoisotopic (exact) mass is 571 g/mol. The number of likely N-dealkylation sites (tertiary alicyclic amines) is 1. The van der Waals surface area contributed by atoms with Crippen molar-refractivity contribution in [2.45, 2.75) is 63.8 Å². The molecule has 2 aromatic rings. The van der Waals surface area contributed by atoms with Crippen molar-refractivity contribution in [1.82, 2.24) is 9.80 Å². The predicted molar refractivity (Wildman–Crippen MR) is 162 cm³/mol. The maximum Gasteiger partial charge on any atom is 0.253 e. The minimum Gasteiger partial charge on any atom is -0.394 e. The Morgan fingerprint density at radius 1 is 0.952 bits per heavy atom. The number of benzene rings is 2. The van der Waals surface area contributed by atoms with E-state index >= 15 is 0 Å². The number of amides is 3. The molecular weight excluding hydrogens is 530 g/mol. The van der Waals surface area contributed by atoms with Gasteiger partial charge in [-0.25, -0.2) is 0 Å². The van der Waals surface area contributed by atoms with Crippen LogP contribution in [0.1, 0.15) is 40.5 Å². The molecule has 3 amide bonds. The number of ether oxygens (including phenoxy) is 1. The lowest BCUT2D eigenvalue weighted by molar-refractivity contribution is -0.152. The fourth-order valence-corrected chi connectivity index (χ4v) is 7.73. The lowest BCUT2D eigenvalue weighted by Crippen LogP contribution is -2.60. The summed E-state index contributed by atoms with van der Waals surface area (Å²) < 4.78 is 6.95. The summed E-state index contributed by atoms with van der Waals surface area (Å²) in [5, 5.41) is 12.7. The van der Waals surface area contributed by atoms with Gasteiger partial charge in [0, 0.05) is 25.3 Å². The molecule has 2 aromatic carbocycles. The van der Waals surface area contributed by atoms with Gasteiger partial charge in [-0.3, -0.25) is 14.4 Å². The van der Waals surface area contributed by atoms with E-state index in [1.165, 1.54) is 0 Å². The molecule has 4 aliphatic rings. The van der Waals surface area contributed by atoms with Gasteiger partial charge in [0.15, 0.2) is 0 Å². The first-order valence-corrected chi connectivity index (χ1v) is 15.3. The molecule has 2 fully saturated rings. The average Bonchev–Trinajstić information content (AvgIpc) is 3.26. The normalized spacial score (nSPS) is 32.1. The van der Waals surface area contributed by atoms with Crippen LogP contribution in [0, 0.1) is 17.8 Å². The third-order valence-electron chi connectivity index (χ3n) is 9.96. The van der Waals surface area contributed by atoms with Crippen molar-refractivity contribution in [3.63, 3.8) is 0 Å². The van der Waals surface area contributed by atoms with Crippen LogP contribution in [0.4, 0.5) is 5.69 Å². The Morgan fingerprint density at radius 2 is 1.69 bits per heavy atom. The highest BCUT2D eigenvalue weighted by atomic mass is 16.5. The van der Waals surface area contributed by atoms with E-state index < -0.39 is 35.1 Å². The zero-order chi connectivity index (χ0) is 29.8. The van der Waals surface area contributed by atoms with Gasteiger partial charge in [0.1, 0.15) is 11.6 Å². The van der Waals surface area contributed by atoms with Gasteiger partial charge in [-0.05, 0) is 42.2 Å². The van der Waals surface area contributed by atoms with Crippen LogP contribution in [-0.4, -0.2) is 82.2 Å². The van der Waals surface area contributed by atoms with Crippen LogP contribution < -0.4 is 4.90 Å². The Balaban J connectivity index is 1.51. The van der Waals surface area contributed by atoms with Gasteiger partial charge in [0.05, 0.1) is 30.1 Å². The largest absolute Gasteiger partial charge is 0.394 e. The fraction of sp³-hybridized carbons (Fsp3) is 0.500. The average molecular weight is 572 g/mol. The van der Waals surface area contributed by atoms with Gasteiger partial charge >= 0.3 is 0 Å². The maximum atomic E-state index is 14.8. The summed E-state index contributed by atoms with van der Waals surface area (Å²) in [4.78, 5) is 48.8. The SMILES string of the molecule is CCCN1CC=C[C@]2(C)O[C@]34C=CCN(c5ccc6ccccc6c5)C(=O)C3N([C@@H](CO)[C@@H](C)CC)C(=O)[C@@H]4[C@@H]2C1=O. The van der Waals surface area contributed by atoms with Crippen LogP contribution >= 0.6 is 0 Å². The van der Waals surface area contributed by atoms with E-state index in [-0.39, 0.29) is 30.2 Å². The molecule has 6 rings (SSSR count). The number of anilines is 1. The molecular formula is C34H41N3O5. The van der Waals surface area contributed by atoms with Crippen molar-refractivity contribution in [2.75, 3.05) is 31.1 Å². The minimum atomic E-state index is -1.35. The van der Waals surface area contributed by atoms with Crippen molar-refractivity contribution < 1.29 is 24.2 Å². The van der Waals surface area contributed by atoms with Gasteiger partial charge in [-0.1, -0.05) is 81.8 Å². The second kappa shape index (κ2) is 10.7. The van der Waals surface area contributed by atoms with Crippen LogP contribution in [0.2, 0.25) is 0 Å². The summed E-state index contributed by atoms with van der Waals surface area (Å²) in [7, 11) is 0. The number of hydrogen-bond acceptors (Lipinski definition) is 5. The molecule has 1 unspecified atom stereocenters. The summed E-state index contributed by atoms with van der Waals surface area (Å²) in [5.74, 6) is -2.44. The smallest absolute Gasteiger partial charge is 0.253 e. The predicted octanol–water partition coefficient (Wildman–Crippen LogP) is 3.93. The van der Waals surface area contributed by atoms with E-state index in [0.29, 0.717) is 26.1 Å². The maximum absolute atomic E-state index is 14.8. The summed E-state index contributed by atoms with van der Waals surface area (Å²) in [6, 6.07) is 12.3. The van der Waals surface area contributed by atoms with E-state index in [2.05, 4.69) is 0 Å². The van der Waals surface area contributed by atoms with Gasteiger partial charge in [0.2, 0.25) is 11.8 Å². The first-order valence-electron chi connectivity index (χ1n) is 15.3. The third-order valence-corrected chi connectivity index (χ3v) is 9.96. The molecule has 0 saturated carbocycles. The summed E-state index contributed by atoms with van der Waals surface area (Å²) >= 11 is 0. The summed E-state index contributed by atoms with van der Waals surface area (Å²) in [6.07, 6.45) is 9.14. The number of fused-ring (bicyclic) bond motifs is 3. The zero-order valence-electron chi connectivity index (χ0n) is 24.9. The van der Waals surface area contributed by atoms with Crippen molar-refractivity contribution >= 4 is 34.2 Å². The molecule has 0 radical (unpaired) electrons. The highest BCUT2D eigenvalue weighted by Gasteiger charge is 2.75. The first kappa shape index (κ1) is 28.6. The first-order chi connectivity index (χ1) is 20.2. The lowest BCUT2D eigenvalue weighted by Gasteiger charge is -2.41. The van der Waals surface area contributed by atoms with E-state index in [4.69, 9.17) is 4.74 Å². The number of hydrogen-bond donors (Lipinski definition) is 1. The molecule has 0 aliphatic carbocycles. The van der Waals surface area contributed by atoms with Gasteiger partial charge in [0.25, 0.3) is 5.91 Å². The van der Waals surface area contributed by atoms with Crippen LogP contribution in [-0.2, 0) is 19.1 Å². The van der Waals surface area contributed by atoms with Crippen molar-refractivity contribution in [1.29, 1.82) is 0 Å². The van der Waals surface area contributed by atoms with E-state index in [0.717, 1.165) is 22.9 Å². The van der Waals surface area contributed by atoms with Gasteiger partial charge in [-0.15, -0.1) is 0 Å². The Bertz CT molecular complexity index is 1470. The Morgan fingerprint density at radius 3 is 2.40 bits per heavy atom. The summed E-state index contributed by atoms with van der Waals surface area (Å²) in [6.45, 7) is 8.94. The highest BCUT2D eigenvalue weighted by molar-refractivity contribution is 6.07. The molecule has 222 valence electrons. The third kappa shape index (κ3) is 4.14. The van der Waals surface area contributed by atoms with Crippen molar-refractivity contribution in [3.8, 4) is 0 Å². The van der Waals surface area contributed by atoms with E-state index in [1.807, 2.05) is 94.5 Å². The molecule has 4 aliphatic heterocycles. The second-order valence-electron chi connectivity index (χ2n) is 12.4. The van der Waals surface area contributed by atoms with Crippen LogP contribution in [0.25, 0.3) is 10.8 Å². The quantitative estimate of drug-likeness (QED) is 0.509. The number of carbonyl (C=O) groups excluding carboxylic acids is 3. The number of rotatable bonds is 7. The number of aliphatic hydroxyl groups excluding tert-OH is 1. The fourth-order valence-electron chi connectivity index (χ4n) is 7.73. The van der Waals surface area contributed by atoms with Crippen molar-refractivity contribution in [2.24, 2.45) is 17.8 Å². The molecule has 0 aromatic heterocycles. The molecule has 1 spiro atoms. The molecule has 8 heteroatoms. The molecule has 4 heterocycles. The lowest BCUT2D eigenvalue weighted by atomic mass is 9.74. The Hall–Kier alpha value is -3.49. The van der Waals surface area contributed by atoms with Gasteiger partial charge in [-0.2, -0.15) is 0 Å². The van der Waals surface area contributed by atoms with Crippen molar-refractivity contribution in [3.05, 3.63) is 66.8 Å². The molecule has 2 saturated heterocycles. The molecule has 1 N–H and O–H groups in total. The Labute approximate surface area is 247 Å². The van der Waals surface area contributed by atoms with Crippen LogP contribution in [0.15, 0.2) is 66.8 Å². The van der Waals surface area contributed by atoms with E-state index in [1.54, 1.807) is 14.7 Å². The highest BCUT2D eigenvalue weighted by Crippen LogP contribution is 2.58. The second-order valence-corrected chi connectivity index (χ2v) is 12.4. The molecule has 42 heavy (non-hydrogen) atoms.